The van der Waals surface area contributed by atoms with Crippen LogP contribution in [0.15, 0.2) is 29.3 Å². The number of rotatable bonds is 2. The summed E-state index contributed by atoms with van der Waals surface area (Å²) < 4.78 is 0. The highest BCUT2D eigenvalue weighted by atomic mass is 35.5. The third-order valence-corrected chi connectivity index (χ3v) is 2.24. The highest BCUT2D eigenvalue weighted by Crippen LogP contribution is 2.08. The van der Waals surface area contributed by atoms with E-state index in [1.54, 1.807) is 6.07 Å². The van der Waals surface area contributed by atoms with Gasteiger partial charge < -0.3 is 5.32 Å². The number of carbonyl (C=O) groups excluding carboxylic acids is 1. The van der Waals surface area contributed by atoms with Crippen LogP contribution >= 0.6 is 12.4 Å². The van der Waals surface area contributed by atoms with Crippen LogP contribution in [-0.2, 0) is 0 Å². The molecule has 4 heteroatoms. The van der Waals surface area contributed by atoms with Gasteiger partial charge in [-0.15, -0.1) is 12.4 Å². The molecule has 1 aromatic carbocycles. The number of aliphatic imine (C=N–C) groups is 1. The number of benzene rings is 1. The molecule has 2 rings (SSSR count). The molecule has 15 heavy (non-hydrogen) atoms. The molecule has 0 atom stereocenters. The average molecular weight is 225 g/mol. The van der Waals surface area contributed by atoms with Gasteiger partial charge in [0, 0.05) is 24.2 Å². The first-order valence-corrected chi connectivity index (χ1v) is 4.75. The van der Waals surface area contributed by atoms with Crippen LogP contribution in [0.1, 0.15) is 22.3 Å². The molecule has 0 aromatic heterocycles. The fourth-order valence-electron chi connectivity index (χ4n) is 1.53. The van der Waals surface area contributed by atoms with Gasteiger partial charge in [-0.1, -0.05) is 24.3 Å². The first kappa shape index (κ1) is 11.7. The molecular weight excluding hydrogens is 212 g/mol. The van der Waals surface area contributed by atoms with Crippen molar-refractivity contribution in [2.75, 3.05) is 13.1 Å². The lowest BCUT2D eigenvalue weighted by Crippen LogP contribution is -2.30. The maximum atomic E-state index is 10.8. The van der Waals surface area contributed by atoms with Crippen molar-refractivity contribution in [3.63, 3.8) is 0 Å². The fraction of sp³-hybridized carbons (Fsp3) is 0.273. The monoisotopic (exact) mass is 224 g/mol. The lowest BCUT2D eigenvalue weighted by molar-refractivity contribution is 0.112. The van der Waals surface area contributed by atoms with Gasteiger partial charge in [0.25, 0.3) is 0 Å². The van der Waals surface area contributed by atoms with Crippen LogP contribution in [0, 0.1) is 0 Å². The molecule has 0 fully saturated rings. The van der Waals surface area contributed by atoms with Crippen molar-refractivity contribution in [1.29, 1.82) is 0 Å². The number of halogens is 1. The number of nitrogens with zero attached hydrogens (tertiary/aromatic N) is 1. The summed E-state index contributed by atoms with van der Waals surface area (Å²) in [5.74, 6) is 0.846. The Morgan fingerprint density at radius 3 is 2.80 bits per heavy atom. The van der Waals surface area contributed by atoms with Crippen molar-refractivity contribution in [3.8, 4) is 0 Å². The third kappa shape index (κ3) is 2.57. The molecule has 0 saturated carbocycles. The fourth-order valence-corrected chi connectivity index (χ4v) is 1.53. The molecule has 0 aliphatic carbocycles. The molecule has 1 aliphatic rings. The summed E-state index contributed by atoms with van der Waals surface area (Å²) in [6.07, 6.45) is 1.93. The first-order chi connectivity index (χ1) is 6.92. The molecule has 1 aromatic rings. The van der Waals surface area contributed by atoms with Gasteiger partial charge in [-0.3, -0.25) is 9.79 Å². The molecule has 0 unspecified atom stereocenters. The van der Waals surface area contributed by atoms with Crippen LogP contribution in [0.2, 0.25) is 0 Å². The minimum absolute atomic E-state index is 0. The molecule has 0 bridgehead atoms. The molecule has 80 valence electrons. The highest BCUT2D eigenvalue weighted by molar-refractivity contribution is 6.04. The zero-order chi connectivity index (χ0) is 9.80. The topological polar surface area (TPSA) is 41.5 Å². The molecule has 0 amide bonds. The van der Waals surface area contributed by atoms with Crippen LogP contribution in [0.5, 0.6) is 0 Å². The van der Waals surface area contributed by atoms with Gasteiger partial charge >= 0.3 is 0 Å². The Morgan fingerprint density at radius 1 is 1.33 bits per heavy atom. The van der Waals surface area contributed by atoms with E-state index >= 15 is 0 Å². The number of hydrogen-bond donors (Lipinski definition) is 1. The van der Waals surface area contributed by atoms with E-state index in [9.17, 15) is 4.79 Å². The number of aldehydes is 1. The first-order valence-electron chi connectivity index (χ1n) is 4.75. The standard InChI is InChI=1S/C11H12N2O.ClH/c14-8-9-4-1-2-5-10(9)11-12-6-3-7-13-11;/h1-2,4-5,8H,3,6-7H2,(H,12,13);1H. The van der Waals surface area contributed by atoms with Crippen LogP contribution in [-0.4, -0.2) is 25.2 Å². The van der Waals surface area contributed by atoms with E-state index in [1.165, 1.54) is 0 Å². The molecule has 0 saturated heterocycles. The van der Waals surface area contributed by atoms with Crippen molar-refractivity contribution < 1.29 is 4.79 Å². The molecule has 0 radical (unpaired) electrons. The van der Waals surface area contributed by atoms with Gasteiger partial charge in [0.2, 0.25) is 0 Å². The summed E-state index contributed by atoms with van der Waals surface area (Å²) in [5.41, 5.74) is 1.60. The summed E-state index contributed by atoms with van der Waals surface area (Å²) >= 11 is 0. The molecular formula is C11H13ClN2O. The Kier molecular flexibility index (Phi) is 4.31. The van der Waals surface area contributed by atoms with E-state index in [0.29, 0.717) is 5.56 Å². The summed E-state index contributed by atoms with van der Waals surface area (Å²) in [7, 11) is 0. The molecule has 1 aliphatic heterocycles. The lowest BCUT2D eigenvalue weighted by Gasteiger charge is -2.15. The normalized spacial score (nSPS) is 14.5. The largest absolute Gasteiger partial charge is 0.370 e. The maximum absolute atomic E-state index is 10.8. The minimum atomic E-state index is 0. The van der Waals surface area contributed by atoms with Crippen LogP contribution in [0.4, 0.5) is 0 Å². The van der Waals surface area contributed by atoms with E-state index in [2.05, 4.69) is 10.3 Å². The van der Waals surface area contributed by atoms with E-state index in [1.807, 2.05) is 18.2 Å². The minimum Gasteiger partial charge on any atom is -0.370 e. The quantitative estimate of drug-likeness (QED) is 0.777. The second kappa shape index (κ2) is 5.51. The second-order valence-electron chi connectivity index (χ2n) is 3.22. The van der Waals surface area contributed by atoms with Crippen molar-refractivity contribution in [2.24, 2.45) is 4.99 Å². The van der Waals surface area contributed by atoms with Crippen LogP contribution < -0.4 is 5.32 Å². The van der Waals surface area contributed by atoms with Gasteiger partial charge in [-0.25, -0.2) is 0 Å². The summed E-state index contributed by atoms with van der Waals surface area (Å²) in [5, 5.41) is 3.20. The highest BCUT2D eigenvalue weighted by Gasteiger charge is 2.09. The van der Waals surface area contributed by atoms with E-state index in [0.717, 1.165) is 37.2 Å². The van der Waals surface area contributed by atoms with Crippen LogP contribution in [0.3, 0.4) is 0 Å². The summed E-state index contributed by atoms with van der Waals surface area (Å²) in [6.45, 7) is 1.78. The zero-order valence-corrected chi connectivity index (χ0v) is 9.09. The smallest absolute Gasteiger partial charge is 0.150 e. The van der Waals surface area contributed by atoms with Gasteiger partial charge in [0.1, 0.15) is 5.84 Å². The SMILES string of the molecule is Cl.O=Cc1ccccc1C1=NCCCN1. The Labute approximate surface area is 95.0 Å². The van der Waals surface area contributed by atoms with Crippen molar-refractivity contribution in [3.05, 3.63) is 35.4 Å². The molecule has 3 nitrogen and oxygen atoms in total. The van der Waals surface area contributed by atoms with Crippen LogP contribution in [0.25, 0.3) is 0 Å². The van der Waals surface area contributed by atoms with Gasteiger partial charge in [0.15, 0.2) is 6.29 Å². The second-order valence-corrected chi connectivity index (χ2v) is 3.22. The van der Waals surface area contributed by atoms with Gasteiger partial charge in [0.05, 0.1) is 0 Å². The predicted molar refractivity (Wildman–Crippen MR) is 63.1 cm³/mol. The number of amidine groups is 1. The summed E-state index contributed by atoms with van der Waals surface area (Å²) in [6, 6.07) is 7.50. The van der Waals surface area contributed by atoms with Crippen molar-refractivity contribution >= 4 is 24.5 Å². The van der Waals surface area contributed by atoms with E-state index < -0.39 is 0 Å². The summed E-state index contributed by atoms with van der Waals surface area (Å²) in [4.78, 5) is 15.1. The average Bonchev–Trinajstić information content (AvgIpc) is 2.30. The molecule has 1 N–H and O–H groups in total. The molecule has 0 spiro atoms. The Hall–Kier alpha value is -1.35. The van der Waals surface area contributed by atoms with Gasteiger partial charge in [-0.2, -0.15) is 0 Å². The van der Waals surface area contributed by atoms with E-state index in [-0.39, 0.29) is 12.4 Å². The Balaban J connectivity index is 0.00000112. The Bertz CT molecular complexity index is 377. The molecule has 1 heterocycles. The van der Waals surface area contributed by atoms with Crippen molar-refractivity contribution in [2.45, 2.75) is 6.42 Å². The third-order valence-electron chi connectivity index (χ3n) is 2.24. The van der Waals surface area contributed by atoms with Gasteiger partial charge in [-0.05, 0) is 6.42 Å². The zero-order valence-electron chi connectivity index (χ0n) is 8.27. The number of carbonyl (C=O) groups is 1. The number of hydrogen-bond acceptors (Lipinski definition) is 3. The number of nitrogens with one attached hydrogen (secondary N) is 1. The Morgan fingerprint density at radius 2 is 2.13 bits per heavy atom. The lowest BCUT2D eigenvalue weighted by atomic mass is 10.1. The maximum Gasteiger partial charge on any atom is 0.150 e. The van der Waals surface area contributed by atoms with Crippen molar-refractivity contribution in [1.82, 2.24) is 5.32 Å². The predicted octanol–water partition coefficient (Wildman–Crippen LogP) is 1.66. The van der Waals surface area contributed by atoms with E-state index in [4.69, 9.17) is 0 Å².